The molecule has 1 atom stereocenters. The predicted molar refractivity (Wildman–Crippen MR) is 93.5 cm³/mol. The molecular formula is C18H26N4O. The molecular weight excluding hydrogens is 288 g/mol. The van der Waals surface area contributed by atoms with Gasteiger partial charge in [0.1, 0.15) is 0 Å². The topological polar surface area (TPSA) is 60.2 Å². The number of amides is 1. The van der Waals surface area contributed by atoms with Crippen molar-refractivity contribution in [3.63, 3.8) is 0 Å². The maximum absolute atomic E-state index is 12.3. The Morgan fingerprint density at radius 1 is 1.30 bits per heavy atom. The van der Waals surface area contributed by atoms with Crippen molar-refractivity contribution in [2.75, 3.05) is 39.3 Å². The summed E-state index contributed by atoms with van der Waals surface area (Å²) < 4.78 is 0. The SMILES string of the molecule is CC(Cc1c[nH]c2ccccc12)C(=O)NCCN1CCNCC1. The molecule has 3 N–H and O–H groups in total. The number of rotatable bonds is 6. The van der Waals surface area contributed by atoms with Crippen LogP contribution in [0.4, 0.5) is 0 Å². The van der Waals surface area contributed by atoms with E-state index in [-0.39, 0.29) is 11.8 Å². The van der Waals surface area contributed by atoms with Gasteiger partial charge in [-0.15, -0.1) is 0 Å². The van der Waals surface area contributed by atoms with Crippen molar-refractivity contribution in [3.05, 3.63) is 36.0 Å². The summed E-state index contributed by atoms with van der Waals surface area (Å²) in [4.78, 5) is 18.0. The second-order valence-electron chi connectivity index (χ2n) is 6.35. The summed E-state index contributed by atoms with van der Waals surface area (Å²) >= 11 is 0. The molecule has 2 aromatic rings. The molecule has 1 unspecified atom stereocenters. The van der Waals surface area contributed by atoms with Crippen LogP contribution in [0.3, 0.4) is 0 Å². The van der Waals surface area contributed by atoms with Gasteiger partial charge in [-0.25, -0.2) is 0 Å². The average Bonchev–Trinajstić information content (AvgIpc) is 2.99. The summed E-state index contributed by atoms with van der Waals surface area (Å²) in [7, 11) is 0. The Morgan fingerprint density at radius 2 is 2.09 bits per heavy atom. The van der Waals surface area contributed by atoms with E-state index in [4.69, 9.17) is 0 Å². The Hall–Kier alpha value is -1.85. The molecule has 5 heteroatoms. The minimum absolute atomic E-state index is 0.0165. The second kappa shape index (κ2) is 7.62. The summed E-state index contributed by atoms with van der Waals surface area (Å²) in [6.45, 7) is 7.91. The highest BCUT2D eigenvalue weighted by Crippen LogP contribution is 2.20. The quantitative estimate of drug-likeness (QED) is 0.755. The maximum atomic E-state index is 12.3. The summed E-state index contributed by atoms with van der Waals surface area (Å²) in [5.74, 6) is 0.127. The Kier molecular flexibility index (Phi) is 5.31. The Labute approximate surface area is 137 Å². The van der Waals surface area contributed by atoms with Gasteiger partial charge < -0.3 is 15.6 Å². The number of fused-ring (bicyclic) bond motifs is 1. The van der Waals surface area contributed by atoms with Crippen molar-refractivity contribution in [1.82, 2.24) is 20.5 Å². The fourth-order valence-electron chi connectivity index (χ4n) is 3.17. The zero-order valence-electron chi connectivity index (χ0n) is 13.8. The number of benzene rings is 1. The number of hydrogen-bond donors (Lipinski definition) is 3. The zero-order valence-corrected chi connectivity index (χ0v) is 13.8. The first kappa shape index (κ1) is 16.0. The molecule has 1 aliphatic heterocycles. The molecule has 1 fully saturated rings. The zero-order chi connectivity index (χ0) is 16.1. The van der Waals surface area contributed by atoms with Gasteiger partial charge in [0.25, 0.3) is 0 Å². The first-order valence-electron chi connectivity index (χ1n) is 8.50. The van der Waals surface area contributed by atoms with E-state index < -0.39 is 0 Å². The van der Waals surface area contributed by atoms with Crippen molar-refractivity contribution in [3.8, 4) is 0 Å². The molecule has 1 amide bonds. The van der Waals surface area contributed by atoms with Crippen LogP contribution >= 0.6 is 0 Å². The van der Waals surface area contributed by atoms with Gasteiger partial charge in [0, 0.05) is 62.3 Å². The van der Waals surface area contributed by atoms with Crippen LogP contribution in [0, 0.1) is 5.92 Å². The Morgan fingerprint density at radius 3 is 2.91 bits per heavy atom. The maximum Gasteiger partial charge on any atom is 0.223 e. The highest BCUT2D eigenvalue weighted by molar-refractivity contribution is 5.84. The molecule has 23 heavy (non-hydrogen) atoms. The van der Waals surface area contributed by atoms with Crippen LogP contribution in [0.5, 0.6) is 0 Å². The largest absolute Gasteiger partial charge is 0.361 e. The van der Waals surface area contributed by atoms with Gasteiger partial charge in [-0.2, -0.15) is 0 Å². The van der Waals surface area contributed by atoms with Crippen LogP contribution in [0.1, 0.15) is 12.5 Å². The number of aromatic nitrogens is 1. The lowest BCUT2D eigenvalue weighted by Crippen LogP contribution is -2.46. The molecule has 1 aromatic carbocycles. The lowest BCUT2D eigenvalue weighted by Gasteiger charge is -2.27. The smallest absolute Gasteiger partial charge is 0.223 e. The Balaban J connectivity index is 1.47. The molecule has 0 spiro atoms. The van der Waals surface area contributed by atoms with Gasteiger partial charge >= 0.3 is 0 Å². The molecule has 1 saturated heterocycles. The molecule has 124 valence electrons. The highest BCUT2D eigenvalue weighted by atomic mass is 16.1. The van der Waals surface area contributed by atoms with E-state index in [1.54, 1.807) is 0 Å². The number of hydrogen-bond acceptors (Lipinski definition) is 3. The van der Waals surface area contributed by atoms with Crippen LogP contribution in [0.25, 0.3) is 10.9 Å². The van der Waals surface area contributed by atoms with E-state index in [0.29, 0.717) is 0 Å². The number of nitrogens with zero attached hydrogens (tertiary/aromatic N) is 1. The summed E-state index contributed by atoms with van der Waals surface area (Å²) in [6.07, 6.45) is 2.79. The van der Waals surface area contributed by atoms with Crippen LogP contribution in [-0.4, -0.2) is 55.1 Å². The molecule has 0 radical (unpaired) electrons. The molecule has 5 nitrogen and oxygen atoms in total. The minimum Gasteiger partial charge on any atom is -0.361 e. The van der Waals surface area contributed by atoms with E-state index in [0.717, 1.165) is 51.2 Å². The lowest BCUT2D eigenvalue weighted by molar-refractivity contribution is -0.124. The van der Waals surface area contributed by atoms with E-state index in [1.165, 1.54) is 10.9 Å². The van der Waals surface area contributed by atoms with E-state index in [2.05, 4.69) is 32.7 Å². The fraction of sp³-hybridized carbons (Fsp3) is 0.500. The molecule has 1 aliphatic rings. The van der Waals surface area contributed by atoms with E-state index >= 15 is 0 Å². The van der Waals surface area contributed by atoms with Gasteiger partial charge in [-0.05, 0) is 18.1 Å². The third-order valence-electron chi connectivity index (χ3n) is 4.59. The van der Waals surface area contributed by atoms with Crippen molar-refractivity contribution in [2.24, 2.45) is 5.92 Å². The van der Waals surface area contributed by atoms with Crippen molar-refractivity contribution >= 4 is 16.8 Å². The van der Waals surface area contributed by atoms with E-state index in [9.17, 15) is 4.79 Å². The first-order valence-corrected chi connectivity index (χ1v) is 8.50. The van der Waals surface area contributed by atoms with E-state index in [1.807, 2.05) is 25.3 Å². The third kappa shape index (κ3) is 4.12. The number of para-hydroxylation sites is 1. The monoisotopic (exact) mass is 314 g/mol. The predicted octanol–water partition coefficient (Wildman–Crippen LogP) is 1.37. The van der Waals surface area contributed by atoms with Gasteiger partial charge in [-0.3, -0.25) is 9.69 Å². The number of aromatic amines is 1. The van der Waals surface area contributed by atoms with Crippen LogP contribution in [-0.2, 0) is 11.2 Å². The number of carbonyl (C=O) groups is 1. The average molecular weight is 314 g/mol. The molecule has 0 bridgehead atoms. The van der Waals surface area contributed by atoms with Crippen LogP contribution < -0.4 is 10.6 Å². The minimum atomic E-state index is -0.0165. The summed E-state index contributed by atoms with van der Waals surface area (Å²) in [5.41, 5.74) is 2.35. The van der Waals surface area contributed by atoms with Crippen molar-refractivity contribution in [1.29, 1.82) is 0 Å². The molecule has 1 aromatic heterocycles. The van der Waals surface area contributed by atoms with Crippen molar-refractivity contribution in [2.45, 2.75) is 13.3 Å². The number of carbonyl (C=O) groups excluding carboxylic acids is 1. The van der Waals surface area contributed by atoms with Crippen LogP contribution in [0.15, 0.2) is 30.5 Å². The lowest BCUT2D eigenvalue weighted by atomic mass is 10.00. The fourth-order valence-corrected chi connectivity index (χ4v) is 3.17. The highest BCUT2D eigenvalue weighted by Gasteiger charge is 2.16. The number of H-pyrrole nitrogens is 1. The van der Waals surface area contributed by atoms with Gasteiger partial charge in [-0.1, -0.05) is 25.1 Å². The molecule has 0 aliphatic carbocycles. The van der Waals surface area contributed by atoms with Crippen molar-refractivity contribution < 1.29 is 4.79 Å². The summed E-state index contributed by atoms with van der Waals surface area (Å²) in [5, 5.41) is 7.63. The van der Waals surface area contributed by atoms with Crippen LogP contribution in [0.2, 0.25) is 0 Å². The van der Waals surface area contributed by atoms with Gasteiger partial charge in [0.05, 0.1) is 0 Å². The standard InChI is InChI=1S/C18H26N4O/c1-14(12-15-13-21-17-5-3-2-4-16(15)17)18(23)20-8-11-22-9-6-19-7-10-22/h2-5,13-14,19,21H,6-12H2,1H3,(H,20,23). The molecule has 2 heterocycles. The molecule has 0 saturated carbocycles. The summed E-state index contributed by atoms with van der Waals surface area (Å²) in [6, 6.07) is 8.24. The third-order valence-corrected chi connectivity index (χ3v) is 4.59. The number of nitrogens with one attached hydrogen (secondary N) is 3. The second-order valence-corrected chi connectivity index (χ2v) is 6.35. The Bertz CT molecular complexity index is 645. The molecule has 3 rings (SSSR count). The first-order chi connectivity index (χ1) is 11.2. The number of piperazine rings is 1. The normalized spacial score (nSPS) is 17.3. The van der Waals surface area contributed by atoms with Gasteiger partial charge in [0.2, 0.25) is 5.91 Å². The van der Waals surface area contributed by atoms with Gasteiger partial charge in [0.15, 0.2) is 0 Å².